The summed E-state index contributed by atoms with van der Waals surface area (Å²) in [5, 5.41) is 9.55. The molecule has 11 heteroatoms. The molecule has 0 fully saturated rings. The lowest BCUT2D eigenvalue weighted by molar-refractivity contribution is -0.112. The van der Waals surface area contributed by atoms with E-state index in [1.165, 1.54) is 4.57 Å². The molecule has 4 aromatic rings. The molecule has 0 saturated heterocycles. The number of aromatic nitrogens is 3. The van der Waals surface area contributed by atoms with Crippen molar-refractivity contribution in [1.82, 2.24) is 14.8 Å². The SMILES string of the molecule is CCCCOCCOc1ccc(-c2ccc3c(c2)C=C(C(=O)Nc2ccc(S(=O)Cc4n[nH]c(=O)n4CCC)cc2)CCN3CC(C)C)cc1. The Morgan fingerprint density at radius 3 is 2.46 bits per heavy atom. The fraction of sp³-hybridized carbons (Fsp3) is 0.410. The molecule has 0 radical (unpaired) electrons. The van der Waals surface area contributed by atoms with Crippen LogP contribution in [0.3, 0.4) is 0 Å². The molecule has 2 heterocycles. The lowest BCUT2D eigenvalue weighted by atomic mass is 10.00. The summed E-state index contributed by atoms with van der Waals surface area (Å²) in [7, 11) is -1.40. The van der Waals surface area contributed by atoms with Gasteiger partial charge in [0.15, 0.2) is 0 Å². The first-order valence-corrected chi connectivity index (χ1v) is 18.9. The Balaban J connectivity index is 1.28. The number of hydrogen-bond donors (Lipinski definition) is 2. The van der Waals surface area contributed by atoms with E-state index in [-0.39, 0.29) is 17.3 Å². The maximum absolute atomic E-state index is 13.6. The summed E-state index contributed by atoms with van der Waals surface area (Å²) in [4.78, 5) is 28.6. The minimum Gasteiger partial charge on any atom is -0.491 e. The topological polar surface area (TPSA) is 119 Å². The minimum absolute atomic E-state index is 0.123. The molecule has 0 aliphatic carbocycles. The van der Waals surface area contributed by atoms with E-state index >= 15 is 0 Å². The van der Waals surface area contributed by atoms with Gasteiger partial charge in [-0.15, -0.1) is 0 Å². The molecule has 1 amide bonds. The van der Waals surface area contributed by atoms with Crippen molar-refractivity contribution in [2.75, 3.05) is 43.1 Å². The lowest BCUT2D eigenvalue weighted by Crippen LogP contribution is -2.29. The maximum Gasteiger partial charge on any atom is 0.343 e. The number of nitrogens with one attached hydrogen (secondary N) is 2. The largest absolute Gasteiger partial charge is 0.491 e. The van der Waals surface area contributed by atoms with E-state index < -0.39 is 10.8 Å². The van der Waals surface area contributed by atoms with Crippen molar-refractivity contribution in [2.45, 2.75) is 70.6 Å². The summed E-state index contributed by atoms with van der Waals surface area (Å²) in [6.07, 6.45) is 5.55. The predicted molar refractivity (Wildman–Crippen MR) is 201 cm³/mol. The van der Waals surface area contributed by atoms with Gasteiger partial charge in [0.1, 0.15) is 18.2 Å². The van der Waals surface area contributed by atoms with Crippen molar-refractivity contribution >= 4 is 34.2 Å². The Hall–Kier alpha value is -4.48. The molecule has 0 saturated carbocycles. The van der Waals surface area contributed by atoms with Gasteiger partial charge in [0, 0.05) is 48.1 Å². The Bertz CT molecular complexity index is 1830. The molecule has 1 atom stereocenters. The van der Waals surface area contributed by atoms with Gasteiger partial charge in [-0.25, -0.2) is 9.89 Å². The third kappa shape index (κ3) is 9.82. The fourth-order valence-corrected chi connectivity index (χ4v) is 6.97. The van der Waals surface area contributed by atoms with Gasteiger partial charge in [-0.05, 0) is 96.5 Å². The zero-order valence-corrected chi connectivity index (χ0v) is 30.4. The Morgan fingerprint density at radius 1 is 0.980 bits per heavy atom. The minimum atomic E-state index is -1.40. The molecule has 3 aromatic carbocycles. The number of hydrogen-bond acceptors (Lipinski definition) is 7. The number of ether oxygens (including phenoxy) is 2. The van der Waals surface area contributed by atoms with E-state index in [1.807, 2.05) is 25.1 Å². The molecule has 0 bridgehead atoms. The van der Waals surface area contributed by atoms with Gasteiger partial charge in [0.25, 0.3) is 5.91 Å². The summed E-state index contributed by atoms with van der Waals surface area (Å²) in [5.74, 6) is 1.69. The average Bonchev–Trinajstić information content (AvgIpc) is 3.34. The zero-order valence-electron chi connectivity index (χ0n) is 29.6. The molecule has 1 aromatic heterocycles. The van der Waals surface area contributed by atoms with E-state index in [1.54, 1.807) is 24.3 Å². The molecule has 10 nitrogen and oxygen atoms in total. The molecular weight excluding hydrogens is 651 g/mol. The summed E-state index contributed by atoms with van der Waals surface area (Å²) >= 11 is 0. The van der Waals surface area contributed by atoms with Crippen LogP contribution >= 0.6 is 0 Å². The fourth-order valence-electron chi connectivity index (χ4n) is 5.91. The van der Waals surface area contributed by atoms with Crippen LogP contribution in [-0.4, -0.2) is 57.8 Å². The van der Waals surface area contributed by atoms with Crippen LogP contribution in [0.15, 0.2) is 82.0 Å². The first-order chi connectivity index (χ1) is 24.2. The van der Waals surface area contributed by atoms with Crippen LogP contribution < -0.4 is 20.6 Å². The number of aromatic amines is 1. The van der Waals surface area contributed by atoms with Gasteiger partial charge in [-0.1, -0.05) is 52.3 Å². The molecule has 266 valence electrons. The van der Waals surface area contributed by atoms with Crippen LogP contribution in [0.25, 0.3) is 17.2 Å². The number of unbranched alkanes of at least 4 members (excludes halogenated alkanes) is 1. The highest BCUT2D eigenvalue weighted by molar-refractivity contribution is 7.84. The standard InChI is InChI=1S/C39H49N5O5S/c1-5-7-21-48-22-23-49-34-13-8-29(9-14-34)30-10-17-36-32(24-30)25-31(18-20-43(36)26-28(3)4)38(45)40-33-11-15-35(16-12-33)50(47)27-37-41-42-39(46)44(37)19-6-2/h8-17,24-25,28H,5-7,18-23,26-27H2,1-4H3,(H,40,45)(H,42,46). The van der Waals surface area contributed by atoms with E-state index in [9.17, 15) is 13.8 Å². The Labute approximate surface area is 297 Å². The summed E-state index contributed by atoms with van der Waals surface area (Å²) in [6, 6.07) is 21.5. The van der Waals surface area contributed by atoms with Crippen LogP contribution in [0.2, 0.25) is 0 Å². The van der Waals surface area contributed by atoms with Crippen LogP contribution in [-0.2, 0) is 32.6 Å². The van der Waals surface area contributed by atoms with Crippen molar-refractivity contribution in [3.05, 3.63) is 94.2 Å². The number of carbonyl (C=O) groups is 1. The third-order valence-electron chi connectivity index (χ3n) is 8.47. The molecule has 1 unspecified atom stereocenters. The number of fused-ring (bicyclic) bond motifs is 1. The normalized spacial score (nSPS) is 13.5. The van der Waals surface area contributed by atoms with Crippen molar-refractivity contribution in [3.8, 4) is 16.9 Å². The quantitative estimate of drug-likeness (QED) is 0.114. The molecule has 2 N–H and O–H groups in total. The van der Waals surface area contributed by atoms with Gasteiger partial charge < -0.3 is 19.7 Å². The van der Waals surface area contributed by atoms with Crippen molar-refractivity contribution in [1.29, 1.82) is 0 Å². The zero-order chi connectivity index (χ0) is 35.5. The van der Waals surface area contributed by atoms with E-state index in [0.717, 1.165) is 67.1 Å². The Morgan fingerprint density at radius 2 is 1.74 bits per heavy atom. The highest BCUT2D eigenvalue weighted by atomic mass is 32.2. The number of rotatable bonds is 17. The van der Waals surface area contributed by atoms with Gasteiger partial charge in [-0.2, -0.15) is 5.10 Å². The number of amides is 1. The van der Waals surface area contributed by atoms with Crippen molar-refractivity contribution in [3.63, 3.8) is 0 Å². The molecule has 5 rings (SSSR count). The summed E-state index contributed by atoms with van der Waals surface area (Å²) in [5.41, 5.74) is 5.26. The highest BCUT2D eigenvalue weighted by Crippen LogP contribution is 2.34. The van der Waals surface area contributed by atoms with Crippen LogP contribution in [0.5, 0.6) is 5.75 Å². The molecular formula is C39H49N5O5S. The molecule has 0 spiro atoms. The van der Waals surface area contributed by atoms with Crippen molar-refractivity contribution < 1.29 is 18.5 Å². The molecule has 50 heavy (non-hydrogen) atoms. The number of benzene rings is 3. The summed E-state index contributed by atoms with van der Waals surface area (Å²) < 4.78 is 26.1. The number of carbonyl (C=O) groups excluding carboxylic acids is 1. The van der Waals surface area contributed by atoms with Gasteiger partial charge in [-0.3, -0.25) is 13.6 Å². The smallest absolute Gasteiger partial charge is 0.343 e. The van der Waals surface area contributed by atoms with E-state index in [2.05, 4.69) is 71.5 Å². The second kappa shape index (κ2) is 18.0. The van der Waals surface area contributed by atoms with Crippen LogP contribution in [0.1, 0.15) is 64.8 Å². The second-order valence-corrected chi connectivity index (χ2v) is 14.4. The predicted octanol–water partition coefficient (Wildman–Crippen LogP) is 7.04. The van der Waals surface area contributed by atoms with E-state index in [4.69, 9.17) is 9.47 Å². The van der Waals surface area contributed by atoms with Gasteiger partial charge >= 0.3 is 5.69 Å². The number of nitrogens with zero attached hydrogens (tertiary/aromatic N) is 3. The van der Waals surface area contributed by atoms with Crippen molar-refractivity contribution in [2.24, 2.45) is 5.92 Å². The number of H-pyrrole nitrogens is 1. The van der Waals surface area contributed by atoms with Crippen LogP contribution in [0.4, 0.5) is 11.4 Å². The van der Waals surface area contributed by atoms with Gasteiger partial charge in [0.2, 0.25) is 0 Å². The summed E-state index contributed by atoms with van der Waals surface area (Å²) in [6.45, 7) is 12.5. The third-order valence-corrected chi connectivity index (χ3v) is 9.79. The highest BCUT2D eigenvalue weighted by Gasteiger charge is 2.21. The first kappa shape index (κ1) is 36.8. The maximum atomic E-state index is 13.6. The number of anilines is 2. The molecule has 1 aliphatic rings. The molecule has 1 aliphatic heterocycles. The van der Waals surface area contributed by atoms with E-state index in [0.29, 0.717) is 54.1 Å². The second-order valence-electron chi connectivity index (χ2n) is 12.9. The Kier molecular flexibility index (Phi) is 13.2. The van der Waals surface area contributed by atoms with Crippen LogP contribution in [0, 0.1) is 5.92 Å². The lowest BCUT2D eigenvalue weighted by Gasteiger charge is -2.27. The monoisotopic (exact) mass is 699 g/mol. The average molecular weight is 700 g/mol. The van der Waals surface area contributed by atoms with Gasteiger partial charge in [0.05, 0.1) is 23.2 Å². The first-order valence-electron chi connectivity index (χ1n) is 17.6.